The first-order chi connectivity index (χ1) is 11.3. The highest BCUT2D eigenvalue weighted by molar-refractivity contribution is 7.14. The molecule has 0 unspecified atom stereocenters. The molecule has 0 spiro atoms. The predicted octanol–water partition coefficient (Wildman–Crippen LogP) is 3.26. The lowest BCUT2D eigenvalue weighted by atomic mass is 10.1. The summed E-state index contributed by atoms with van der Waals surface area (Å²) in [6.07, 6.45) is 1.79. The van der Waals surface area contributed by atoms with Crippen LogP contribution in [0.1, 0.15) is 26.5 Å². The highest BCUT2D eigenvalue weighted by atomic mass is 32.1. The number of anilines is 1. The molecule has 4 nitrogen and oxygen atoms in total. The molecule has 0 bridgehead atoms. The fourth-order valence-electron chi connectivity index (χ4n) is 3.18. The Morgan fingerprint density at radius 1 is 1.17 bits per heavy atom. The Hall–Kier alpha value is -1.69. The normalized spacial score (nSPS) is 20.3. The van der Waals surface area contributed by atoms with Gasteiger partial charge in [-0.2, -0.15) is 0 Å². The number of thiophene rings is 1. The van der Waals surface area contributed by atoms with Gasteiger partial charge in [0, 0.05) is 23.6 Å². The van der Waals surface area contributed by atoms with Crippen LogP contribution in [-0.2, 0) is 22.5 Å². The fourth-order valence-corrected chi connectivity index (χ4v) is 4.27. The number of hydrogen-bond donors (Lipinski definition) is 0. The molecule has 2 aliphatic heterocycles. The summed E-state index contributed by atoms with van der Waals surface area (Å²) in [4.78, 5) is 17.2. The van der Waals surface area contributed by atoms with Crippen LogP contribution in [-0.4, -0.2) is 31.8 Å². The maximum atomic E-state index is 13.2. The van der Waals surface area contributed by atoms with Crippen LogP contribution in [0.3, 0.4) is 0 Å². The topological polar surface area (TPSA) is 38.8 Å². The van der Waals surface area contributed by atoms with Crippen molar-refractivity contribution in [2.75, 3.05) is 24.7 Å². The number of para-hydroxylation sites is 1. The van der Waals surface area contributed by atoms with Crippen LogP contribution >= 0.6 is 11.3 Å². The van der Waals surface area contributed by atoms with Crippen molar-refractivity contribution in [2.45, 2.75) is 25.5 Å². The van der Waals surface area contributed by atoms with Gasteiger partial charge in [0.05, 0.1) is 30.7 Å². The van der Waals surface area contributed by atoms with E-state index in [1.165, 1.54) is 10.4 Å². The van der Waals surface area contributed by atoms with Crippen molar-refractivity contribution in [1.82, 2.24) is 0 Å². The molecule has 2 aliphatic rings. The fraction of sp³-hybridized carbons (Fsp3) is 0.389. The molecule has 3 heterocycles. The molecular formula is C18H19NO3S. The van der Waals surface area contributed by atoms with E-state index in [0.717, 1.165) is 36.6 Å². The number of rotatable bonds is 3. The van der Waals surface area contributed by atoms with Crippen LogP contribution in [0.4, 0.5) is 5.69 Å². The monoisotopic (exact) mass is 329 g/mol. The minimum Gasteiger partial charge on any atom is -0.379 e. The van der Waals surface area contributed by atoms with E-state index >= 15 is 0 Å². The summed E-state index contributed by atoms with van der Waals surface area (Å²) in [5.74, 6) is 0.0751. The van der Waals surface area contributed by atoms with Crippen molar-refractivity contribution in [2.24, 2.45) is 0 Å². The summed E-state index contributed by atoms with van der Waals surface area (Å²) < 4.78 is 11.0. The van der Waals surface area contributed by atoms with E-state index in [9.17, 15) is 4.79 Å². The maximum absolute atomic E-state index is 13.2. The van der Waals surface area contributed by atoms with Crippen LogP contribution < -0.4 is 4.90 Å². The number of nitrogens with zero attached hydrogens (tertiary/aromatic N) is 1. The third kappa shape index (κ3) is 2.92. The molecule has 1 atom stereocenters. The van der Waals surface area contributed by atoms with Crippen LogP contribution in [0.2, 0.25) is 0 Å². The molecule has 23 heavy (non-hydrogen) atoms. The van der Waals surface area contributed by atoms with Gasteiger partial charge in [0.25, 0.3) is 5.91 Å². The van der Waals surface area contributed by atoms with E-state index in [4.69, 9.17) is 9.47 Å². The smallest absolute Gasteiger partial charge is 0.268 e. The number of hydrogen-bond acceptors (Lipinski definition) is 4. The first kappa shape index (κ1) is 14.9. The molecular weight excluding hydrogens is 310 g/mol. The molecule has 0 N–H and O–H groups in total. The number of amides is 1. The van der Waals surface area contributed by atoms with E-state index in [-0.39, 0.29) is 11.9 Å². The molecule has 1 fully saturated rings. The van der Waals surface area contributed by atoms with Crippen LogP contribution in [0.5, 0.6) is 0 Å². The van der Waals surface area contributed by atoms with Gasteiger partial charge in [-0.05, 0) is 30.2 Å². The van der Waals surface area contributed by atoms with Crippen LogP contribution in [0, 0.1) is 0 Å². The Morgan fingerprint density at radius 2 is 2.04 bits per heavy atom. The quantitative estimate of drug-likeness (QED) is 0.867. The SMILES string of the molecule is O=C(c1cc2c(s1)CCOC2)N(c1ccccc1)[C@@H]1CCOC1. The number of carbonyl (C=O) groups is 1. The lowest BCUT2D eigenvalue weighted by Gasteiger charge is -2.27. The largest absolute Gasteiger partial charge is 0.379 e. The summed E-state index contributed by atoms with van der Waals surface area (Å²) in [5, 5.41) is 0. The third-order valence-corrected chi connectivity index (χ3v) is 5.59. The van der Waals surface area contributed by atoms with Crippen molar-refractivity contribution >= 4 is 22.9 Å². The number of carbonyl (C=O) groups excluding carboxylic acids is 1. The third-order valence-electron chi connectivity index (χ3n) is 4.36. The first-order valence-corrected chi connectivity index (χ1v) is 8.80. The Labute approximate surface area is 139 Å². The standard InChI is InChI=1S/C18H19NO3S/c20-18(17-10-13-11-21-9-7-16(13)23-17)19(15-6-8-22-12-15)14-4-2-1-3-5-14/h1-5,10,15H,6-9,11-12H2/t15-/m1/s1. The van der Waals surface area contributed by atoms with Crippen molar-refractivity contribution in [1.29, 1.82) is 0 Å². The summed E-state index contributed by atoms with van der Waals surface area (Å²) in [6.45, 7) is 2.70. The average Bonchev–Trinajstić information content (AvgIpc) is 3.25. The molecule has 1 saturated heterocycles. The summed E-state index contributed by atoms with van der Waals surface area (Å²) in [5.41, 5.74) is 2.11. The highest BCUT2D eigenvalue weighted by Crippen LogP contribution is 2.31. The van der Waals surface area contributed by atoms with E-state index < -0.39 is 0 Å². The Bertz CT molecular complexity index is 668. The predicted molar refractivity (Wildman–Crippen MR) is 90.2 cm³/mol. The second kappa shape index (κ2) is 6.43. The van der Waals surface area contributed by atoms with Crippen LogP contribution in [0.15, 0.2) is 36.4 Å². The van der Waals surface area contributed by atoms with Gasteiger partial charge in [0.15, 0.2) is 0 Å². The van der Waals surface area contributed by atoms with Crippen molar-refractivity contribution in [3.8, 4) is 0 Å². The number of fused-ring (bicyclic) bond motifs is 1. The lowest BCUT2D eigenvalue weighted by Crippen LogP contribution is -2.40. The molecule has 0 aliphatic carbocycles. The molecule has 4 rings (SSSR count). The summed E-state index contributed by atoms with van der Waals surface area (Å²) in [6, 6.07) is 12.0. The Morgan fingerprint density at radius 3 is 2.78 bits per heavy atom. The van der Waals surface area contributed by atoms with Gasteiger partial charge in [-0.15, -0.1) is 11.3 Å². The van der Waals surface area contributed by atoms with Gasteiger partial charge in [-0.25, -0.2) is 0 Å². The zero-order valence-electron chi connectivity index (χ0n) is 12.9. The second-order valence-corrected chi connectivity index (χ2v) is 7.03. The van der Waals surface area contributed by atoms with E-state index in [2.05, 4.69) is 0 Å². The van der Waals surface area contributed by atoms with Gasteiger partial charge in [0.2, 0.25) is 0 Å². The maximum Gasteiger partial charge on any atom is 0.268 e. The van der Waals surface area contributed by atoms with Gasteiger partial charge >= 0.3 is 0 Å². The number of ether oxygens (including phenoxy) is 2. The molecule has 1 amide bonds. The van der Waals surface area contributed by atoms with Gasteiger partial charge in [-0.3, -0.25) is 4.79 Å². The molecule has 120 valence electrons. The first-order valence-electron chi connectivity index (χ1n) is 7.98. The minimum absolute atomic E-state index is 0.0751. The average molecular weight is 329 g/mol. The van der Waals surface area contributed by atoms with Gasteiger partial charge in [-0.1, -0.05) is 18.2 Å². The van der Waals surface area contributed by atoms with E-state index in [1.54, 1.807) is 11.3 Å². The van der Waals surface area contributed by atoms with Gasteiger partial charge in [0.1, 0.15) is 0 Å². The number of benzene rings is 1. The van der Waals surface area contributed by atoms with Crippen LogP contribution in [0.25, 0.3) is 0 Å². The lowest BCUT2D eigenvalue weighted by molar-refractivity contribution is 0.0975. The summed E-state index contributed by atoms with van der Waals surface area (Å²) >= 11 is 1.61. The Kier molecular flexibility index (Phi) is 4.16. The molecule has 1 aromatic carbocycles. The van der Waals surface area contributed by atoms with Crippen molar-refractivity contribution in [3.05, 3.63) is 51.7 Å². The molecule has 0 radical (unpaired) electrons. The van der Waals surface area contributed by atoms with Gasteiger partial charge < -0.3 is 14.4 Å². The Balaban J connectivity index is 1.68. The zero-order chi connectivity index (χ0) is 15.6. The van der Waals surface area contributed by atoms with Crippen molar-refractivity contribution < 1.29 is 14.3 Å². The molecule has 1 aromatic heterocycles. The van der Waals surface area contributed by atoms with E-state index in [0.29, 0.717) is 13.2 Å². The highest BCUT2D eigenvalue weighted by Gasteiger charge is 2.31. The zero-order valence-corrected chi connectivity index (χ0v) is 13.7. The molecule has 5 heteroatoms. The minimum atomic E-state index is 0.0751. The summed E-state index contributed by atoms with van der Waals surface area (Å²) in [7, 11) is 0. The molecule has 2 aromatic rings. The van der Waals surface area contributed by atoms with Crippen molar-refractivity contribution in [3.63, 3.8) is 0 Å². The van der Waals surface area contributed by atoms with E-state index in [1.807, 2.05) is 41.3 Å². The second-order valence-electron chi connectivity index (χ2n) is 5.89. The molecule has 0 saturated carbocycles.